The third kappa shape index (κ3) is 4.42. The lowest BCUT2D eigenvalue weighted by molar-refractivity contribution is -0.118. The number of anilines is 1. The van der Waals surface area contributed by atoms with Gasteiger partial charge in [-0.25, -0.2) is 4.98 Å². The van der Waals surface area contributed by atoms with Crippen LogP contribution >= 0.6 is 31.9 Å². The topological polar surface area (TPSA) is 64.4 Å². The number of carbonyl (C=O) groups excluding carboxylic acids is 1. The van der Waals surface area contributed by atoms with Crippen molar-refractivity contribution >= 4 is 54.6 Å². The molecule has 4 aromatic rings. The minimum Gasteiger partial charge on any atom is -0.482 e. The molecule has 0 radical (unpaired) electrons. The van der Waals surface area contributed by atoms with E-state index in [0.717, 1.165) is 25.6 Å². The minimum atomic E-state index is -0.254. The van der Waals surface area contributed by atoms with Crippen LogP contribution in [-0.4, -0.2) is 17.5 Å². The molecule has 1 heterocycles. The summed E-state index contributed by atoms with van der Waals surface area (Å²) in [6, 6.07) is 17.0. The van der Waals surface area contributed by atoms with Crippen molar-refractivity contribution in [3.63, 3.8) is 0 Å². The Hall–Kier alpha value is -2.64. The molecule has 4 rings (SSSR count). The van der Waals surface area contributed by atoms with Crippen LogP contribution in [0.25, 0.3) is 22.6 Å². The molecule has 0 aliphatic heterocycles. The van der Waals surface area contributed by atoms with Crippen molar-refractivity contribution < 1.29 is 13.9 Å². The van der Waals surface area contributed by atoms with Gasteiger partial charge < -0.3 is 14.5 Å². The predicted octanol–water partition coefficient (Wildman–Crippen LogP) is 6.65. The zero-order valence-corrected chi connectivity index (χ0v) is 19.5. The highest BCUT2D eigenvalue weighted by Crippen LogP contribution is 2.32. The van der Waals surface area contributed by atoms with Crippen molar-refractivity contribution in [1.82, 2.24) is 4.98 Å². The predicted molar refractivity (Wildman–Crippen MR) is 125 cm³/mol. The zero-order chi connectivity index (χ0) is 21.3. The van der Waals surface area contributed by atoms with Crippen LogP contribution in [0.1, 0.15) is 11.1 Å². The van der Waals surface area contributed by atoms with Crippen LogP contribution < -0.4 is 10.1 Å². The summed E-state index contributed by atoms with van der Waals surface area (Å²) in [5.41, 5.74) is 4.90. The third-order valence-corrected chi connectivity index (χ3v) is 5.78. The average Bonchev–Trinajstić information content (AvgIpc) is 3.10. The third-order valence-electron chi connectivity index (χ3n) is 4.50. The molecule has 0 aliphatic rings. The van der Waals surface area contributed by atoms with Crippen LogP contribution in [0.5, 0.6) is 5.75 Å². The van der Waals surface area contributed by atoms with Crippen molar-refractivity contribution in [3.05, 3.63) is 74.7 Å². The van der Waals surface area contributed by atoms with Crippen LogP contribution in [0.3, 0.4) is 0 Å². The molecule has 152 valence electrons. The Morgan fingerprint density at radius 1 is 1.07 bits per heavy atom. The van der Waals surface area contributed by atoms with Crippen LogP contribution in [-0.2, 0) is 4.79 Å². The highest BCUT2D eigenvalue weighted by Gasteiger charge is 2.13. The lowest BCUT2D eigenvalue weighted by Crippen LogP contribution is -2.20. The number of benzene rings is 3. The molecule has 1 aromatic heterocycles. The molecule has 0 unspecified atom stereocenters. The van der Waals surface area contributed by atoms with E-state index in [1.54, 1.807) is 18.2 Å². The number of carbonyl (C=O) groups is 1. The van der Waals surface area contributed by atoms with Gasteiger partial charge in [0.2, 0.25) is 5.89 Å². The van der Waals surface area contributed by atoms with Gasteiger partial charge in [-0.05, 0) is 93.2 Å². The number of aryl methyl sites for hydroxylation is 2. The van der Waals surface area contributed by atoms with E-state index in [9.17, 15) is 4.79 Å². The molecular weight excluding hydrogens is 512 g/mol. The highest BCUT2D eigenvalue weighted by molar-refractivity contribution is 9.11. The molecule has 5 nitrogen and oxygen atoms in total. The maximum absolute atomic E-state index is 12.4. The Bertz CT molecular complexity index is 1230. The Balaban J connectivity index is 1.47. The van der Waals surface area contributed by atoms with Crippen molar-refractivity contribution in [2.75, 3.05) is 11.9 Å². The maximum Gasteiger partial charge on any atom is 0.262 e. The first-order valence-corrected chi connectivity index (χ1v) is 10.8. The van der Waals surface area contributed by atoms with Crippen molar-refractivity contribution in [1.29, 1.82) is 0 Å². The molecule has 1 N–H and O–H groups in total. The van der Waals surface area contributed by atoms with Gasteiger partial charge in [0.05, 0.1) is 10.0 Å². The summed E-state index contributed by atoms with van der Waals surface area (Å²) in [5, 5.41) is 2.84. The van der Waals surface area contributed by atoms with Gasteiger partial charge in [-0.2, -0.15) is 0 Å². The highest BCUT2D eigenvalue weighted by atomic mass is 79.9. The zero-order valence-electron chi connectivity index (χ0n) is 16.3. The fourth-order valence-electron chi connectivity index (χ4n) is 3.18. The van der Waals surface area contributed by atoms with E-state index in [0.29, 0.717) is 28.4 Å². The standard InChI is InChI=1S/C23H18Br2N2O3/c1-13-9-14(2)22(18(25)10-13)29-12-21(28)26-15-7-8-20-19(11-15)27-23(30-20)16-5-3-4-6-17(16)24/h3-11H,12H2,1-2H3,(H,26,28). The van der Waals surface area contributed by atoms with E-state index in [2.05, 4.69) is 42.2 Å². The first-order chi connectivity index (χ1) is 14.4. The van der Waals surface area contributed by atoms with Crippen molar-refractivity contribution in [2.24, 2.45) is 0 Å². The van der Waals surface area contributed by atoms with Gasteiger partial charge in [-0.3, -0.25) is 4.79 Å². The summed E-state index contributed by atoms with van der Waals surface area (Å²) in [6.45, 7) is 3.87. The molecule has 3 aromatic carbocycles. The largest absolute Gasteiger partial charge is 0.482 e. The van der Waals surface area contributed by atoms with Crippen molar-refractivity contribution in [2.45, 2.75) is 13.8 Å². The SMILES string of the molecule is Cc1cc(C)c(OCC(=O)Nc2ccc3oc(-c4ccccc4Br)nc3c2)c(Br)c1. The van der Waals surface area contributed by atoms with Crippen LogP contribution in [0.2, 0.25) is 0 Å². The van der Waals surface area contributed by atoms with E-state index >= 15 is 0 Å². The number of amides is 1. The normalized spacial score (nSPS) is 10.9. The number of aromatic nitrogens is 1. The van der Waals surface area contributed by atoms with Crippen molar-refractivity contribution in [3.8, 4) is 17.2 Å². The van der Waals surface area contributed by atoms with E-state index < -0.39 is 0 Å². The summed E-state index contributed by atoms with van der Waals surface area (Å²) in [6.07, 6.45) is 0. The second kappa shape index (κ2) is 8.62. The van der Waals surface area contributed by atoms with Gasteiger partial charge in [-0.1, -0.05) is 18.2 Å². The Morgan fingerprint density at radius 3 is 2.63 bits per heavy atom. The van der Waals surface area contributed by atoms with E-state index in [-0.39, 0.29) is 12.5 Å². The number of hydrogen-bond acceptors (Lipinski definition) is 4. The lowest BCUT2D eigenvalue weighted by Gasteiger charge is -2.12. The Labute approximate surface area is 190 Å². The summed E-state index contributed by atoms with van der Waals surface area (Å²) in [7, 11) is 0. The minimum absolute atomic E-state index is 0.0957. The average molecular weight is 530 g/mol. The van der Waals surface area contributed by atoms with E-state index in [1.165, 1.54) is 0 Å². The number of halogens is 2. The molecule has 1 amide bonds. The van der Waals surface area contributed by atoms with Gasteiger partial charge in [0.1, 0.15) is 11.3 Å². The Morgan fingerprint density at radius 2 is 1.87 bits per heavy atom. The molecule has 0 spiro atoms. The smallest absolute Gasteiger partial charge is 0.262 e. The molecule has 30 heavy (non-hydrogen) atoms. The number of rotatable bonds is 5. The molecule has 0 atom stereocenters. The number of oxazole rings is 1. The van der Waals surface area contributed by atoms with Gasteiger partial charge in [0.15, 0.2) is 12.2 Å². The number of fused-ring (bicyclic) bond motifs is 1. The van der Waals surface area contributed by atoms with Gasteiger partial charge in [0.25, 0.3) is 5.91 Å². The summed E-state index contributed by atoms with van der Waals surface area (Å²) in [4.78, 5) is 16.9. The lowest BCUT2D eigenvalue weighted by atomic mass is 10.1. The quantitative estimate of drug-likeness (QED) is 0.314. The fraction of sp³-hybridized carbons (Fsp3) is 0.130. The molecule has 0 aliphatic carbocycles. The summed E-state index contributed by atoms with van der Waals surface area (Å²) < 4.78 is 13.3. The molecule has 0 bridgehead atoms. The molecule has 0 saturated carbocycles. The molecule has 0 fully saturated rings. The number of nitrogens with zero attached hydrogens (tertiary/aromatic N) is 1. The summed E-state index contributed by atoms with van der Waals surface area (Å²) in [5.74, 6) is 0.931. The van der Waals surface area contributed by atoms with Crippen LogP contribution in [0.4, 0.5) is 5.69 Å². The summed E-state index contributed by atoms with van der Waals surface area (Å²) >= 11 is 7.00. The first kappa shape index (κ1) is 20.6. The number of ether oxygens (including phenoxy) is 1. The van der Waals surface area contributed by atoms with Gasteiger partial charge >= 0.3 is 0 Å². The second-order valence-corrected chi connectivity index (χ2v) is 8.62. The van der Waals surface area contributed by atoms with Gasteiger partial charge in [0, 0.05) is 10.2 Å². The fourth-order valence-corrected chi connectivity index (χ4v) is 4.42. The maximum atomic E-state index is 12.4. The number of nitrogens with one attached hydrogen (secondary N) is 1. The molecule has 7 heteroatoms. The van der Waals surface area contributed by atoms with E-state index in [1.807, 2.05) is 50.2 Å². The molecule has 0 saturated heterocycles. The molecular formula is C23H18Br2N2O3. The first-order valence-electron chi connectivity index (χ1n) is 9.25. The van der Waals surface area contributed by atoms with E-state index in [4.69, 9.17) is 9.15 Å². The monoisotopic (exact) mass is 528 g/mol. The van der Waals surface area contributed by atoms with Gasteiger partial charge in [-0.15, -0.1) is 0 Å². The Kier molecular flexibility index (Phi) is 5.92. The second-order valence-electron chi connectivity index (χ2n) is 6.91. The van der Waals surface area contributed by atoms with Crippen LogP contribution in [0.15, 0.2) is 68.0 Å². The number of hydrogen-bond donors (Lipinski definition) is 1. The van der Waals surface area contributed by atoms with Crippen LogP contribution in [0, 0.1) is 13.8 Å².